The molecular weight excluding hydrogens is 454 g/mol. The molecule has 10 heteroatoms. The maximum absolute atomic E-state index is 12.9. The molecule has 0 saturated carbocycles. The Morgan fingerprint density at radius 2 is 1.68 bits per heavy atom. The van der Waals surface area contributed by atoms with E-state index in [0.29, 0.717) is 28.5 Å². The van der Waals surface area contributed by atoms with Crippen molar-refractivity contribution < 1.29 is 9.59 Å². The third-order valence-corrected chi connectivity index (χ3v) is 6.22. The summed E-state index contributed by atoms with van der Waals surface area (Å²) in [7, 11) is 2.96. The summed E-state index contributed by atoms with van der Waals surface area (Å²) in [6, 6.07) is 6.70. The minimum atomic E-state index is -0.499. The molecule has 180 valence electrons. The molecule has 0 aliphatic rings. The van der Waals surface area contributed by atoms with Crippen LogP contribution < -0.4 is 16.6 Å². The summed E-state index contributed by atoms with van der Waals surface area (Å²) >= 11 is 1.14. The van der Waals surface area contributed by atoms with Gasteiger partial charge in [0.2, 0.25) is 5.91 Å². The fourth-order valence-corrected chi connectivity index (χ4v) is 4.18. The number of nitrogens with one attached hydrogen (secondary N) is 1. The minimum absolute atomic E-state index is 0.0449. The number of carbonyl (C=O) groups excluding carboxylic acids is 2. The van der Waals surface area contributed by atoms with Crippen LogP contribution in [0.5, 0.6) is 0 Å². The zero-order chi connectivity index (χ0) is 25.2. The number of Topliss-reactive ketones (excluding diaryl/α,β-unsaturated/α-hetero) is 1. The second kappa shape index (κ2) is 9.92. The number of aromatic nitrogens is 4. The van der Waals surface area contributed by atoms with Crippen LogP contribution in [0.2, 0.25) is 0 Å². The van der Waals surface area contributed by atoms with Crippen LogP contribution in [0.15, 0.2) is 38.9 Å². The Morgan fingerprint density at radius 3 is 2.26 bits per heavy atom. The average molecular weight is 484 g/mol. The molecule has 9 nitrogen and oxygen atoms in total. The van der Waals surface area contributed by atoms with Crippen LogP contribution in [0.25, 0.3) is 11.0 Å². The molecule has 3 rings (SSSR count). The monoisotopic (exact) mass is 483 g/mol. The van der Waals surface area contributed by atoms with Crippen molar-refractivity contribution in [1.82, 2.24) is 19.1 Å². The van der Waals surface area contributed by atoms with Crippen molar-refractivity contribution in [3.8, 4) is 0 Å². The van der Waals surface area contributed by atoms with Crippen LogP contribution >= 0.6 is 11.8 Å². The maximum atomic E-state index is 12.9. The third-order valence-electron chi connectivity index (χ3n) is 5.25. The number of rotatable bonds is 7. The van der Waals surface area contributed by atoms with E-state index >= 15 is 0 Å². The predicted octanol–water partition coefficient (Wildman–Crippen LogP) is 3.04. The highest BCUT2D eigenvalue weighted by atomic mass is 32.2. The van der Waals surface area contributed by atoms with Crippen LogP contribution in [0.4, 0.5) is 5.69 Å². The number of anilines is 1. The molecule has 3 aromatic rings. The van der Waals surface area contributed by atoms with Gasteiger partial charge in [-0.15, -0.1) is 0 Å². The van der Waals surface area contributed by atoms with Crippen molar-refractivity contribution in [3.05, 3.63) is 56.5 Å². The average Bonchev–Trinajstić information content (AvgIpc) is 2.79. The molecule has 0 saturated heterocycles. The molecule has 1 aromatic carbocycles. The highest BCUT2D eigenvalue weighted by Crippen LogP contribution is 2.27. The van der Waals surface area contributed by atoms with Gasteiger partial charge in [-0.1, -0.05) is 39.5 Å². The number of carbonyl (C=O) groups is 2. The van der Waals surface area contributed by atoms with Crippen molar-refractivity contribution in [1.29, 1.82) is 0 Å². The number of ketones is 1. The zero-order valence-electron chi connectivity index (χ0n) is 20.3. The van der Waals surface area contributed by atoms with E-state index < -0.39 is 16.7 Å². The summed E-state index contributed by atoms with van der Waals surface area (Å²) in [5.74, 6) is 0.300. The summed E-state index contributed by atoms with van der Waals surface area (Å²) in [6.45, 7) is 7.75. The number of fused-ring (bicyclic) bond motifs is 1. The van der Waals surface area contributed by atoms with Crippen molar-refractivity contribution in [3.63, 3.8) is 0 Å². The Hall–Kier alpha value is -3.27. The van der Waals surface area contributed by atoms with Gasteiger partial charge in [0.05, 0.1) is 5.75 Å². The molecule has 0 unspecified atom stereocenters. The smallest absolute Gasteiger partial charge is 0.326 e. The molecule has 0 bridgehead atoms. The molecule has 1 N–H and O–H groups in total. The lowest BCUT2D eigenvalue weighted by Gasteiger charge is -2.19. The molecule has 34 heavy (non-hydrogen) atoms. The van der Waals surface area contributed by atoms with Gasteiger partial charge in [0.15, 0.2) is 11.4 Å². The number of amides is 1. The molecule has 0 atom stereocenters. The van der Waals surface area contributed by atoms with Crippen molar-refractivity contribution >= 4 is 40.2 Å². The van der Waals surface area contributed by atoms with E-state index in [2.05, 4.69) is 15.3 Å². The molecule has 0 radical (unpaired) electrons. The summed E-state index contributed by atoms with van der Waals surface area (Å²) in [5, 5.41) is 3.37. The fraction of sp³-hybridized carbons (Fsp3) is 0.417. The topological polar surface area (TPSA) is 116 Å². The highest BCUT2D eigenvalue weighted by molar-refractivity contribution is 8.00. The molecule has 0 aliphatic heterocycles. The lowest BCUT2D eigenvalue weighted by Crippen LogP contribution is -2.38. The number of aryl methyl sites for hydroxylation is 1. The molecule has 0 fully saturated rings. The second-order valence-electron chi connectivity index (χ2n) is 9.09. The molecular formula is C24H29N5O4S. The van der Waals surface area contributed by atoms with Gasteiger partial charge in [-0.2, -0.15) is 0 Å². The van der Waals surface area contributed by atoms with Crippen LogP contribution in [0, 0.1) is 0 Å². The number of benzene rings is 1. The first kappa shape index (κ1) is 25.4. The van der Waals surface area contributed by atoms with Gasteiger partial charge in [-0.25, -0.2) is 14.8 Å². The number of thioether (sulfide) groups is 1. The van der Waals surface area contributed by atoms with Crippen molar-refractivity contribution in [2.45, 2.75) is 51.0 Å². The van der Waals surface area contributed by atoms with E-state index in [-0.39, 0.29) is 28.5 Å². The van der Waals surface area contributed by atoms with Gasteiger partial charge < -0.3 is 5.32 Å². The Bertz CT molecular complexity index is 1370. The number of hydrogen-bond donors (Lipinski definition) is 1. The second-order valence-corrected chi connectivity index (χ2v) is 10.1. The molecule has 0 spiro atoms. The lowest BCUT2D eigenvalue weighted by atomic mass is 9.96. The van der Waals surface area contributed by atoms with E-state index in [1.165, 1.54) is 11.6 Å². The first-order chi connectivity index (χ1) is 15.9. The zero-order valence-corrected chi connectivity index (χ0v) is 21.1. The molecule has 2 heterocycles. The van der Waals surface area contributed by atoms with Crippen molar-refractivity contribution in [2.75, 3.05) is 11.1 Å². The normalized spacial score (nSPS) is 11.6. The van der Waals surface area contributed by atoms with E-state index in [9.17, 15) is 19.2 Å². The van der Waals surface area contributed by atoms with Crippen LogP contribution in [-0.2, 0) is 24.3 Å². The SMILES string of the molecule is CCCC(=O)Nc1ccc(C(=O)CSc2nc(C(C)(C)C)nc3c2c(=O)n(C)c(=O)n3C)cc1. The Labute approximate surface area is 201 Å². The minimum Gasteiger partial charge on any atom is -0.326 e. The Kier molecular flexibility index (Phi) is 7.40. The predicted molar refractivity (Wildman–Crippen MR) is 134 cm³/mol. The standard InChI is InChI=1S/C24H29N5O4S/c1-7-8-17(31)25-15-11-9-14(10-12-15)16(30)13-34-20-18-19(26-22(27-20)24(2,3)4)28(5)23(33)29(6)21(18)32/h9-12H,7-8,13H2,1-6H3,(H,25,31). The highest BCUT2D eigenvalue weighted by Gasteiger charge is 2.24. The van der Waals surface area contributed by atoms with Crippen LogP contribution in [0.3, 0.4) is 0 Å². The van der Waals surface area contributed by atoms with Gasteiger partial charge in [0.1, 0.15) is 16.2 Å². The largest absolute Gasteiger partial charge is 0.332 e. The van der Waals surface area contributed by atoms with Gasteiger partial charge in [0, 0.05) is 37.2 Å². The summed E-state index contributed by atoms with van der Waals surface area (Å²) < 4.78 is 2.34. The number of nitrogens with zero attached hydrogens (tertiary/aromatic N) is 4. The first-order valence-electron chi connectivity index (χ1n) is 11.0. The van der Waals surface area contributed by atoms with Crippen LogP contribution in [0.1, 0.15) is 56.7 Å². The molecule has 1 amide bonds. The van der Waals surface area contributed by atoms with E-state index in [0.717, 1.165) is 22.7 Å². The third kappa shape index (κ3) is 5.27. The first-order valence-corrected chi connectivity index (χ1v) is 12.0. The van der Waals surface area contributed by atoms with Gasteiger partial charge >= 0.3 is 5.69 Å². The summed E-state index contributed by atoms with van der Waals surface area (Å²) in [5.41, 5.74) is -0.0488. The van der Waals surface area contributed by atoms with E-state index in [4.69, 9.17) is 0 Å². The van der Waals surface area contributed by atoms with E-state index in [1.807, 2.05) is 27.7 Å². The van der Waals surface area contributed by atoms with Crippen molar-refractivity contribution in [2.24, 2.45) is 14.1 Å². The maximum Gasteiger partial charge on any atom is 0.332 e. The summed E-state index contributed by atoms with van der Waals surface area (Å²) in [6.07, 6.45) is 1.19. The quantitative estimate of drug-likeness (QED) is 0.312. The summed E-state index contributed by atoms with van der Waals surface area (Å²) in [4.78, 5) is 59.1. The Morgan fingerprint density at radius 1 is 1.03 bits per heavy atom. The molecule has 0 aliphatic carbocycles. The van der Waals surface area contributed by atoms with E-state index in [1.54, 1.807) is 31.3 Å². The fourth-order valence-electron chi connectivity index (χ4n) is 3.28. The number of hydrogen-bond acceptors (Lipinski definition) is 7. The van der Waals surface area contributed by atoms with Gasteiger partial charge in [-0.3, -0.25) is 23.5 Å². The Balaban J connectivity index is 1.92. The lowest BCUT2D eigenvalue weighted by molar-refractivity contribution is -0.116. The molecule has 2 aromatic heterocycles. The van der Waals surface area contributed by atoms with Crippen LogP contribution in [-0.4, -0.2) is 36.5 Å². The van der Waals surface area contributed by atoms with Gasteiger partial charge in [-0.05, 0) is 30.7 Å². The van der Waals surface area contributed by atoms with Gasteiger partial charge in [0.25, 0.3) is 5.56 Å².